The molecule has 116 valence electrons. The summed E-state index contributed by atoms with van der Waals surface area (Å²) >= 11 is 0. The summed E-state index contributed by atoms with van der Waals surface area (Å²) in [6.45, 7) is 0. The Morgan fingerprint density at radius 2 is 1.68 bits per heavy atom. The van der Waals surface area contributed by atoms with Gasteiger partial charge in [0.1, 0.15) is 0 Å². The van der Waals surface area contributed by atoms with Crippen LogP contribution in [0.15, 0.2) is 30.4 Å². The third kappa shape index (κ3) is 2.49. The van der Waals surface area contributed by atoms with Crippen molar-refractivity contribution in [3.8, 4) is 0 Å². The number of nitrogens with one attached hydrogen (secondary N) is 1. The van der Waals surface area contributed by atoms with E-state index in [-0.39, 0.29) is 17.5 Å². The SMILES string of the molecule is O=C(O)[C@@H]1[C@@H](C(=O)Nc2ccc(F)c(F)c2)[C@H]2C=C[C@H]1CC2. The minimum atomic E-state index is -1.06. The van der Waals surface area contributed by atoms with Gasteiger partial charge in [0.15, 0.2) is 11.6 Å². The zero-order valence-electron chi connectivity index (χ0n) is 11.6. The quantitative estimate of drug-likeness (QED) is 0.844. The van der Waals surface area contributed by atoms with Crippen molar-refractivity contribution in [2.24, 2.45) is 23.7 Å². The summed E-state index contributed by atoms with van der Waals surface area (Å²) < 4.78 is 26.1. The van der Waals surface area contributed by atoms with Gasteiger partial charge >= 0.3 is 5.97 Å². The number of halogens is 2. The maximum atomic E-state index is 13.2. The van der Waals surface area contributed by atoms with Crippen molar-refractivity contribution < 1.29 is 23.5 Å². The monoisotopic (exact) mass is 307 g/mol. The van der Waals surface area contributed by atoms with E-state index in [1.54, 1.807) is 0 Å². The van der Waals surface area contributed by atoms with Crippen LogP contribution >= 0.6 is 0 Å². The van der Waals surface area contributed by atoms with E-state index in [1.807, 2.05) is 12.2 Å². The summed E-state index contributed by atoms with van der Waals surface area (Å²) in [6, 6.07) is 3.06. The summed E-state index contributed by atoms with van der Waals surface area (Å²) in [7, 11) is 0. The van der Waals surface area contributed by atoms with Crippen LogP contribution in [0.1, 0.15) is 12.8 Å². The molecule has 0 heterocycles. The smallest absolute Gasteiger partial charge is 0.307 e. The number of hydrogen-bond acceptors (Lipinski definition) is 2. The fourth-order valence-electron chi connectivity index (χ4n) is 3.49. The topological polar surface area (TPSA) is 66.4 Å². The summed E-state index contributed by atoms with van der Waals surface area (Å²) in [5, 5.41) is 11.9. The Balaban J connectivity index is 1.82. The highest BCUT2D eigenvalue weighted by Gasteiger charge is 2.48. The molecule has 2 bridgehead atoms. The Kier molecular flexibility index (Phi) is 3.68. The Bertz CT molecular complexity index is 659. The molecule has 3 aliphatic carbocycles. The normalized spacial score (nSPS) is 29.4. The van der Waals surface area contributed by atoms with Gasteiger partial charge < -0.3 is 10.4 Å². The van der Waals surface area contributed by atoms with E-state index >= 15 is 0 Å². The van der Waals surface area contributed by atoms with Crippen LogP contribution in [-0.2, 0) is 9.59 Å². The molecular weight excluding hydrogens is 292 g/mol. The molecule has 0 unspecified atom stereocenters. The van der Waals surface area contributed by atoms with Crippen LogP contribution in [0, 0.1) is 35.3 Å². The number of allylic oxidation sites excluding steroid dienone is 2. The molecule has 1 amide bonds. The fourth-order valence-corrected chi connectivity index (χ4v) is 3.49. The second kappa shape index (κ2) is 5.51. The maximum absolute atomic E-state index is 13.2. The molecule has 1 fully saturated rings. The van der Waals surface area contributed by atoms with Crippen molar-refractivity contribution in [3.63, 3.8) is 0 Å². The minimum Gasteiger partial charge on any atom is -0.481 e. The van der Waals surface area contributed by atoms with E-state index in [0.717, 1.165) is 25.0 Å². The zero-order chi connectivity index (χ0) is 15.9. The van der Waals surface area contributed by atoms with Gasteiger partial charge in [-0.25, -0.2) is 8.78 Å². The van der Waals surface area contributed by atoms with E-state index < -0.39 is 35.3 Å². The molecule has 2 N–H and O–H groups in total. The number of fused-ring (bicyclic) bond motifs is 2. The molecule has 0 radical (unpaired) electrons. The molecular formula is C16H15F2NO3. The first kappa shape index (κ1) is 14.7. The molecule has 0 saturated heterocycles. The highest BCUT2D eigenvalue weighted by atomic mass is 19.2. The van der Waals surface area contributed by atoms with Crippen molar-refractivity contribution in [1.82, 2.24) is 0 Å². The number of carbonyl (C=O) groups excluding carboxylic acids is 1. The van der Waals surface area contributed by atoms with Gasteiger partial charge in [0.2, 0.25) is 5.91 Å². The summed E-state index contributed by atoms with van der Waals surface area (Å²) in [5.41, 5.74) is 0.124. The van der Waals surface area contributed by atoms with Gasteiger partial charge in [-0.2, -0.15) is 0 Å². The molecule has 6 heteroatoms. The Morgan fingerprint density at radius 3 is 2.23 bits per heavy atom. The second-order valence-electron chi connectivity index (χ2n) is 5.80. The number of carbonyl (C=O) groups is 2. The molecule has 4 atom stereocenters. The van der Waals surface area contributed by atoms with Gasteiger partial charge in [0.05, 0.1) is 11.8 Å². The van der Waals surface area contributed by atoms with Crippen LogP contribution in [-0.4, -0.2) is 17.0 Å². The molecule has 0 spiro atoms. The van der Waals surface area contributed by atoms with E-state index in [9.17, 15) is 23.5 Å². The summed E-state index contributed by atoms with van der Waals surface area (Å²) in [4.78, 5) is 23.9. The van der Waals surface area contributed by atoms with E-state index in [4.69, 9.17) is 0 Å². The number of aliphatic carboxylic acids is 1. The number of carboxylic acid groups (broad SMARTS) is 1. The van der Waals surface area contributed by atoms with Crippen molar-refractivity contribution in [2.45, 2.75) is 12.8 Å². The highest BCUT2D eigenvalue weighted by molar-refractivity contribution is 5.96. The molecule has 4 nitrogen and oxygen atoms in total. The van der Waals surface area contributed by atoms with Crippen molar-refractivity contribution in [1.29, 1.82) is 0 Å². The number of benzene rings is 1. The average Bonchev–Trinajstić information content (AvgIpc) is 2.51. The van der Waals surface area contributed by atoms with Gasteiger partial charge in [-0.3, -0.25) is 9.59 Å². The Hall–Kier alpha value is -2.24. The number of hydrogen-bond donors (Lipinski definition) is 2. The number of anilines is 1. The molecule has 1 aromatic rings. The van der Waals surface area contributed by atoms with E-state index in [0.29, 0.717) is 0 Å². The third-order valence-corrected chi connectivity index (χ3v) is 4.52. The van der Waals surface area contributed by atoms with Crippen LogP contribution in [0.25, 0.3) is 0 Å². The standard InChI is InChI=1S/C16H15F2NO3/c17-11-6-5-10(7-12(11)18)19-15(20)13-8-1-3-9(4-2-8)14(13)16(21)22/h1,3,5-9,13-14H,2,4H2,(H,19,20)(H,21,22)/t8-,9-,13-,14-/m0/s1. The van der Waals surface area contributed by atoms with Gasteiger partial charge in [-0.15, -0.1) is 0 Å². The van der Waals surface area contributed by atoms with Gasteiger partial charge in [0, 0.05) is 11.8 Å². The van der Waals surface area contributed by atoms with Gasteiger partial charge in [-0.1, -0.05) is 12.2 Å². The first-order valence-electron chi connectivity index (χ1n) is 7.14. The van der Waals surface area contributed by atoms with E-state index in [2.05, 4.69) is 5.32 Å². The number of amides is 1. The second-order valence-corrected chi connectivity index (χ2v) is 5.80. The lowest BCUT2D eigenvalue weighted by Gasteiger charge is -2.41. The lowest BCUT2D eigenvalue weighted by molar-refractivity contribution is -0.151. The number of carboxylic acids is 1. The molecule has 1 aromatic carbocycles. The molecule has 0 aromatic heterocycles. The van der Waals surface area contributed by atoms with Crippen LogP contribution < -0.4 is 5.32 Å². The molecule has 1 saturated carbocycles. The van der Waals surface area contributed by atoms with Crippen LogP contribution in [0.3, 0.4) is 0 Å². The zero-order valence-corrected chi connectivity index (χ0v) is 11.6. The average molecular weight is 307 g/mol. The molecule has 3 aliphatic rings. The third-order valence-electron chi connectivity index (χ3n) is 4.52. The van der Waals surface area contributed by atoms with Gasteiger partial charge in [-0.05, 0) is 36.8 Å². The Labute approximate surface area is 125 Å². The highest BCUT2D eigenvalue weighted by Crippen LogP contribution is 2.45. The fraction of sp³-hybridized carbons (Fsp3) is 0.375. The van der Waals surface area contributed by atoms with Crippen LogP contribution in [0.2, 0.25) is 0 Å². The van der Waals surface area contributed by atoms with Crippen molar-refractivity contribution in [3.05, 3.63) is 42.0 Å². The van der Waals surface area contributed by atoms with Crippen molar-refractivity contribution in [2.75, 3.05) is 5.32 Å². The molecule has 22 heavy (non-hydrogen) atoms. The lowest BCUT2D eigenvalue weighted by atomic mass is 9.62. The lowest BCUT2D eigenvalue weighted by Crippen LogP contribution is -2.47. The first-order valence-corrected chi connectivity index (χ1v) is 7.14. The van der Waals surface area contributed by atoms with Crippen LogP contribution in [0.5, 0.6) is 0 Å². The Morgan fingerprint density at radius 1 is 1.05 bits per heavy atom. The minimum absolute atomic E-state index is 0.124. The number of rotatable bonds is 3. The predicted molar refractivity (Wildman–Crippen MR) is 75.0 cm³/mol. The first-order chi connectivity index (χ1) is 10.5. The van der Waals surface area contributed by atoms with Crippen molar-refractivity contribution >= 4 is 17.6 Å². The predicted octanol–water partition coefficient (Wildman–Crippen LogP) is 2.82. The maximum Gasteiger partial charge on any atom is 0.307 e. The van der Waals surface area contributed by atoms with Gasteiger partial charge in [0.25, 0.3) is 0 Å². The van der Waals surface area contributed by atoms with Crippen LogP contribution in [0.4, 0.5) is 14.5 Å². The molecule has 0 aliphatic heterocycles. The summed E-state index contributed by atoms with van der Waals surface area (Å²) in [6.07, 6.45) is 5.28. The summed E-state index contributed by atoms with van der Waals surface area (Å²) in [5.74, 6) is -5.25. The molecule has 4 rings (SSSR count). The van der Waals surface area contributed by atoms with E-state index in [1.165, 1.54) is 6.07 Å². The largest absolute Gasteiger partial charge is 0.481 e.